The smallest absolute Gasteiger partial charge is 0.339 e. The Kier molecular flexibility index (Phi) is 9.14. The van der Waals surface area contributed by atoms with Gasteiger partial charge < -0.3 is 4.52 Å². The van der Waals surface area contributed by atoms with Crippen LogP contribution in [0.15, 0.2) is 97.5 Å². The second kappa shape index (κ2) is 13.7. The number of rotatable bonds is 12. The van der Waals surface area contributed by atoms with Gasteiger partial charge in [0.25, 0.3) is 5.56 Å². The van der Waals surface area contributed by atoms with E-state index in [1.165, 1.54) is 0 Å². The van der Waals surface area contributed by atoms with E-state index in [1.54, 1.807) is 4.57 Å². The number of H-pyrrole nitrogens is 1. The van der Waals surface area contributed by atoms with E-state index < -0.39 is 5.76 Å². The molecule has 0 fully saturated rings. The molecule has 0 spiro atoms. The molecule has 0 aliphatic carbocycles. The van der Waals surface area contributed by atoms with Crippen LogP contribution < -0.4 is 11.3 Å². The van der Waals surface area contributed by atoms with Crippen LogP contribution in [0.25, 0.3) is 22.5 Å². The molecule has 6 rings (SSSR count). The van der Waals surface area contributed by atoms with Gasteiger partial charge in [-0.1, -0.05) is 116 Å². The first-order chi connectivity index (χ1) is 22.4. The van der Waals surface area contributed by atoms with E-state index in [0.29, 0.717) is 42.5 Å². The molecule has 1 N–H and O–H groups in total. The molecule has 0 radical (unpaired) electrons. The van der Waals surface area contributed by atoms with Crippen molar-refractivity contribution in [3.63, 3.8) is 0 Å². The molecule has 0 saturated carbocycles. The lowest BCUT2D eigenvalue weighted by Gasteiger charge is -2.19. The van der Waals surface area contributed by atoms with Gasteiger partial charge in [-0.05, 0) is 34.6 Å². The number of benzene rings is 3. The molecule has 10 nitrogen and oxygen atoms in total. The highest BCUT2D eigenvalue weighted by atomic mass is 16.5. The Morgan fingerprint density at radius 3 is 2.24 bits per heavy atom. The molecule has 3 heterocycles. The summed E-state index contributed by atoms with van der Waals surface area (Å²) in [5.74, 6) is 1.57. The Morgan fingerprint density at radius 1 is 0.804 bits per heavy atom. The summed E-state index contributed by atoms with van der Waals surface area (Å²) >= 11 is 0. The van der Waals surface area contributed by atoms with Crippen molar-refractivity contribution in [2.24, 2.45) is 0 Å². The monoisotopic (exact) mass is 616 g/mol. The lowest BCUT2D eigenvalue weighted by molar-refractivity contribution is 0.379. The predicted octanol–water partition coefficient (Wildman–Crippen LogP) is 6.33. The molecular formula is C36H36N6O4. The van der Waals surface area contributed by atoms with Crippen molar-refractivity contribution < 1.29 is 9.05 Å². The maximum absolute atomic E-state index is 14.3. The molecule has 0 aliphatic heterocycles. The first-order valence-corrected chi connectivity index (χ1v) is 15.6. The average molecular weight is 617 g/mol. The molecule has 0 unspecified atom stereocenters. The molecule has 6 aromatic rings. The number of unbranched alkanes of at least 4 members (excludes halogenated alkanes) is 1. The Labute approximate surface area is 266 Å². The molecule has 3 aromatic carbocycles. The number of hydrogen-bond donors (Lipinski definition) is 1. The van der Waals surface area contributed by atoms with E-state index in [1.807, 2.05) is 78.9 Å². The van der Waals surface area contributed by atoms with Gasteiger partial charge in [0.2, 0.25) is 5.89 Å². The molecule has 46 heavy (non-hydrogen) atoms. The number of aromatic amines is 1. The van der Waals surface area contributed by atoms with Gasteiger partial charge in [-0.15, -0.1) is 0 Å². The van der Waals surface area contributed by atoms with Crippen molar-refractivity contribution in [1.29, 1.82) is 0 Å². The Morgan fingerprint density at radius 2 is 1.54 bits per heavy atom. The third kappa shape index (κ3) is 6.81. The van der Waals surface area contributed by atoms with E-state index in [0.717, 1.165) is 52.2 Å². The van der Waals surface area contributed by atoms with Crippen molar-refractivity contribution in [1.82, 2.24) is 29.8 Å². The second-order valence-corrected chi connectivity index (χ2v) is 11.7. The van der Waals surface area contributed by atoms with Crippen LogP contribution in [0.2, 0.25) is 0 Å². The topological polar surface area (TPSA) is 133 Å². The Hall–Kier alpha value is -5.38. The normalized spacial score (nSPS) is 11.4. The van der Waals surface area contributed by atoms with Crippen LogP contribution in [0.3, 0.4) is 0 Å². The van der Waals surface area contributed by atoms with Crippen molar-refractivity contribution in [3.8, 4) is 22.5 Å². The van der Waals surface area contributed by atoms with Gasteiger partial charge in [-0.2, -0.15) is 4.98 Å². The minimum atomic E-state index is -0.604. The minimum Gasteiger partial charge on any atom is -0.339 e. The molecule has 0 saturated heterocycles. The summed E-state index contributed by atoms with van der Waals surface area (Å²) in [5, 5.41) is 8.04. The van der Waals surface area contributed by atoms with Crippen molar-refractivity contribution in [2.45, 2.75) is 65.3 Å². The average Bonchev–Trinajstić information content (AvgIpc) is 3.71. The highest BCUT2D eigenvalue weighted by molar-refractivity contribution is 5.80. The van der Waals surface area contributed by atoms with Crippen LogP contribution in [0, 0.1) is 0 Å². The lowest BCUT2D eigenvalue weighted by Crippen LogP contribution is -2.31. The van der Waals surface area contributed by atoms with Gasteiger partial charge in [0, 0.05) is 24.0 Å². The van der Waals surface area contributed by atoms with Crippen molar-refractivity contribution >= 4 is 0 Å². The summed E-state index contributed by atoms with van der Waals surface area (Å²) in [6.07, 6.45) is 3.39. The maximum atomic E-state index is 14.3. The molecule has 10 heteroatoms. The summed E-state index contributed by atoms with van der Waals surface area (Å²) in [5.41, 5.74) is 5.91. The van der Waals surface area contributed by atoms with Crippen LogP contribution >= 0.6 is 0 Å². The van der Waals surface area contributed by atoms with Crippen molar-refractivity contribution in [2.75, 3.05) is 0 Å². The fourth-order valence-electron chi connectivity index (χ4n) is 5.61. The molecular weight excluding hydrogens is 580 g/mol. The largest absolute Gasteiger partial charge is 0.439 e. The first kappa shape index (κ1) is 30.6. The predicted molar refractivity (Wildman–Crippen MR) is 175 cm³/mol. The number of aryl methyl sites for hydroxylation is 1. The van der Waals surface area contributed by atoms with Crippen LogP contribution in [0.5, 0.6) is 0 Å². The number of nitrogens with one attached hydrogen (secondary N) is 1. The zero-order valence-electron chi connectivity index (χ0n) is 26.2. The molecule has 0 atom stereocenters. The van der Waals surface area contributed by atoms with E-state index >= 15 is 0 Å². The molecule has 0 bridgehead atoms. The lowest BCUT2D eigenvalue weighted by atomic mass is 9.98. The highest BCUT2D eigenvalue weighted by Gasteiger charge is 2.22. The van der Waals surface area contributed by atoms with E-state index in [9.17, 15) is 9.59 Å². The van der Waals surface area contributed by atoms with Crippen LogP contribution in [-0.2, 0) is 25.8 Å². The first-order valence-electron chi connectivity index (χ1n) is 15.6. The molecule has 0 aliphatic rings. The van der Waals surface area contributed by atoms with Gasteiger partial charge >= 0.3 is 5.76 Å². The fraction of sp³-hybridized carbons (Fsp3) is 0.278. The Bertz CT molecular complexity index is 2040. The summed E-state index contributed by atoms with van der Waals surface area (Å²) < 4.78 is 12.1. The zero-order chi connectivity index (χ0) is 32.0. The summed E-state index contributed by atoms with van der Waals surface area (Å²) in [4.78, 5) is 38.2. The number of nitrogens with zero attached hydrogens (tertiary/aromatic N) is 5. The van der Waals surface area contributed by atoms with Gasteiger partial charge in [0.05, 0.1) is 18.7 Å². The van der Waals surface area contributed by atoms with Crippen LogP contribution in [0.4, 0.5) is 0 Å². The minimum absolute atomic E-state index is 0.0449. The molecule has 0 amide bonds. The van der Waals surface area contributed by atoms with Gasteiger partial charge in [0.1, 0.15) is 5.82 Å². The summed E-state index contributed by atoms with van der Waals surface area (Å²) in [6.45, 7) is 6.62. The van der Waals surface area contributed by atoms with Crippen LogP contribution in [-0.4, -0.2) is 29.8 Å². The van der Waals surface area contributed by atoms with E-state index in [4.69, 9.17) is 14.0 Å². The van der Waals surface area contributed by atoms with Gasteiger partial charge in [0.15, 0.2) is 11.6 Å². The zero-order valence-corrected chi connectivity index (χ0v) is 26.2. The van der Waals surface area contributed by atoms with Crippen LogP contribution in [0.1, 0.15) is 79.5 Å². The standard InChI is InChI=1S/C36H36N6O4/c1-4-5-15-31-38-33(23(2)3)29(21-32-37-30(40-45-32)20-24-11-7-6-8-12-24)35(43)42(31)22-25-16-18-26(19-17-25)27-13-9-10-14-28(27)34-39-36(44)46-41-34/h6-14,16-19,23H,4-5,15,20-22H2,1-3H3,(H,39,41,44). The quantitative estimate of drug-likeness (QED) is 0.169. The SMILES string of the molecule is CCCCc1nc(C(C)C)c(Cc2nc(Cc3ccccc3)no2)c(=O)n1Cc1ccc(-c2ccccc2-c2noc(=O)[nH]2)cc1. The Balaban J connectivity index is 1.32. The number of hydrogen-bond acceptors (Lipinski definition) is 8. The third-order valence-corrected chi connectivity index (χ3v) is 7.95. The van der Waals surface area contributed by atoms with Gasteiger partial charge in [-0.3, -0.25) is 18.9 Å². The highest BCUT2D eigenvalue weighted by Crippen LogP contribution is 2.30. The van der Waals surface area contributed by atoms with E-state index in [-0.39, 0.29) is 17.9 Å². The number of aromatic nitrogens is 6. The van der Waals surface area contributed by atoms with Gasteiger partial charge in [-0.25, -0.2) is 9.78 Å². The summed E-state index contributed by atoms with van der Waals surface area (Å²) in [7, 11) is 0. The molecule has 234 valence electrons. The van der Waals surface area contributed by atoms with Crippen molar-refractivity contribution in [3.05, 3.63) is 140 Å². The third-order valence-electron chi connectivity index (χ3n) is 7.95. The second-order valence-electron chi connectivity index (χ2n) is 11.7. The summed E-state index contributed by atoms with van der Waals surface area (Å²) in [6, 6.07) is 25.7. The fourth-order valence-corrected chi connectivity index (χ4v) is 5.61. The maximum Gasteiger partial charge on any atom is 0.439 e. The van der Waals surface area contributed by atoms with E-state index in [2.05, 4.69) is 41.1 Å². The molecule has 3 aromatic heterocycles.